The fourth-order valence-corrected chi connectivity index (χ4v) is 9.93. The van der Waals surface area contributed by atoms with E-state index < -0.39 is 20.3 Å². The number of carboxylic acid groups (broad SMARTS) is 1. The summed E-state index contributed by atoms with van der Waals surface area (Å²) in [5, 5.41) is 8.61. The highest BCUT2D eigenvalue weighted by Crippen LogP contribution is 2.53. The van der Waals surface area contributed by atoms with Crippen molar-refractivity contribution in [3.05, 3.63) is 12.2 Å². The molecule has 0 aromatic heterocycles. The average molecular weight is 329 g/mol. The summed E-state index contributed by atoms with van der Waals surface area (Å²) < 4.78 is 6.02. The van der Waals surface area contributed by atoms with Crippen LogP contribution in [0.5, 0.6) is 0 Å². The molecule has 0 aliphatic rings. The Morgan fingerprint density at radius 1 is 1.14 bits per heavy atom. The minimum atomic E-state index is -2.44. The molecule has 0 rings (SSSR count). The van der Waals surface area contributed by atoms with E-state index in [1.165, 1.54) is 0 Å². The van der Waals surface area contributed by atoms with Gasteiger partial charge in [0.2, 0.25) is 0 Å². The SMILES string of the molecule is CCCCC(C)(C)[Si](OC(=O)/C=C\C(=O)O)(C(C)C)C(C)C. The highest BCUT2D eigenvalue weighted by Gasteiger charge is 2.56. The monoisotopic (exact) mass is 328 g/mol. The zero-order valence-electron chi connectivity index (χ0n) is 15.1. The van der Waals surface area contributed by atoms with Crippen LogP contribution in [0.15, 0.2) is 12.2 Å². The van der Waals surface area contributed by atoms with Gasteiger partial charge in [-0.15, -0.1) is 0 Å². The van der Waals surface area contributed by atoms with Crippen molar-refractivity contribution >= 4 is 20.3 Å². The maximum absolute atomic E-state index is 12.2. The number of hydrogen-bond donors (Lipinski definition) is 1. The third-order valence-electron chi connectivity index (χ3n) is 4.56. The molecule has 0 saturated carbocycles. The van der Waals surface area contributed by atoms with Crippen LogP contribution in [0.1, 0.15) is 67.7 Å². The van der Waals surface area contributed by atoms with Gasteiger partial charge in [0.15, 0.2) is 0 Å². The predicted octanol–water partition coefficient (Wildman–Crippen LogP) is 4.91. The molecule has 0 radical (unpaired) electrons. The maximum Gasteiger partial charge on any atom is 0.328 e. The summed E-state index contributed by atoms with van der Waals surface area (Å²) in [6.45, 7) is 15.0. The first kappa shape index (κ1) is 20.9. The molecule has 0 unspecified atom stereocenters. The zero-order chi connectivity index (χ0) is 17.6. The van der Waals surface area contributed by atoms with Crippen molar-refractivity contribution in [1.82, 2.24) is 0 Å². The summed E-state index contributed by atoms with van der Waals surface area (Å²) >= 11 is 0. The van der Waals surface area contributed by atoms with E-state index in [0.29, 0.717) is 0 Å². The Labute approximate surface area is 136 Å². The van der Waals surface area contributed by atoms with Crippen LogP contribution in [0, 0.1) is 0 Å². The molecule has 4 nitrogen and oxygen atoms in total. The first-order valence-corrected chi connectivity index (χ1v) is 10.2. The van der Waals surface area contributed by atoms with Crippen molar-refractivity contribution < 1.29 is 19.1 Å². The molecule has 0 aliphatic carbocycles. The lowest BCUT2D eigenvalue weighted by molar-refractivity contribution is -0.133. The summed E-state index contributed by atoms with van der Waals surface area (Å²) in [6, 6.07) is 0. The second kappa shape index (κ2) is 8.51. The van der Waals surface area contributed by atoms with Crippen LogP contribution in [0.4, 0.5) is 0 Å². The van der Waals surface area contributed by atoms with Gasteiger partial charge < -0.3 is 9.53 Å². The van der Waals surface area contributed by atoms with E-state index in [0.717, 1.165) is 31.4 Å². The molecule has 0 aliphatic heterocycles. The number of hydrogen-bond acceptors (Lipinski definition) is 3. The Morgan fingerprint density at radius 2 is 1.64 bits per heavy atom. The molecule has 0 aromatic rings. The molecule has 0 saturated heterocycles. The number of aliphatic carboxylic acids is 1. The predicted molar refractivity (Wildman–Crippen MR) is 92.4 cm³/mol. The van der Waals surface area contributed by atoms with E-state index in [9.17, 15) is 9.59 Å². The molecule has 0 spiro atoms. The molecule has 0 fully saturated rings. The summed E-state index contributed by atoms with van der Waals surface area (Å²) in [5.74, 6) is -1.66. The number of rotatable bonds is 9. The molecule has 22 heavy (non-hydrogen) atoms. The van der Waals surface area contributed by atoms with Gasteiger partial charge in [0, 0.05) is 12.2 Å². The van der Waals surface area contributed by atoms with E-state index in [-0.39, 0.29) is 16.1 Å². The highest BCUT2D eigenvalue weighted by atomic mass is 28.4. The van der Waals surface area contributed by atoms with Crippen molar-refractivity contribution in [1.29, 1.82) is 0 Å². The van der Waals surface area contributed by atoms with Crippen LogP contribution in [0.2, 0.25) is 16.1 Å². The van der Waals surface area contributed by atoms with E-state index in [2.05, 4.69) is 48.5 Å². The average Bonchev–Trinajstić information content (AvgIpc) is 2.39. The van der Waals surface area contributed by atoms with Gasteiger partial charge in [0.05, 0.1) is 0 Å². The second-order valence-electron chi connectivity index (χ2n) is 7.18. The van der Waals surface area contributed by atoms with Crippen molar-refractivity contribution in [2.45, 2.75) is 83.8 Å². The Morgan fingerprint density at radius 3 is 2.00 bits per heavy atom. The van der Waals surface area contributed by atoms with Crippen LogP contribution in [-0.4, -0.2) is 25.4 Å². The molecule has 0 amide bonds. The number of carboxylic acids is 1. The molecule has 1 N–H and O–H groups in total. The minimum absolute atomic E-state index is 0.0575. The Hall–Kier alpha value is -1.10. The third kappa shape index (κ3) is 4.97. The van der Waals surface area contributed by atoms with Gasteiger partial charge in [0.1, 0.15) is 0 Å². The standard InChI is InChI=1S/C17H32O4Si/c1-8-9-12-17(6,7)22(13(2)3,14(4)5)21-16(20)11-10-15(18)19/h10-11,13-14H,8-9,12H2,1-7H3,(H,18,19)/b11-10-. The number of carbonyl (C=O) groups is 2. The molecule has 0 atom stereocenters. The number of carbonyl (C=O) groups excluding carboxylic acids is 1. The molecule has 128 valence electrons. The van der Waals surface area contributed by atoms with Gasteiger partial charge >= 0.3 is 11.9 Å². The van der Waals surface area contributed by atoms with E-state index in [4.69, 9.17) is 9.53 Å². The van der Waals surface area contributed by atoms with Gasteiger partial charge in [0.25, 0.3) is 8.32 Å². The lowest BCUT2D eigenvalue weighted by Gasteiger charge is -2.49. The first-order chi connectivity index (χ1) is 10.0. The van der Waals surface area contributed by atoms with Gasteiger partial charge in [-0.1, -0.05) is 61.3 Å². The maximum atomic E-state index is 12.2. The zero-order valence-corrected chi connectivity index (χ0v) is 16.1. The Kier molecular flexibility index (Phi) is 8.08. The van der Waals surface area contributed by atoms with Gasteiger partial charge in [-0.05, 0) is 22.5 Å². The molecular formula is C17H32O4Si. The van der Waals surface area contributed by atoms with Gasteiger partial charge in [-0.25, -0.2) is 9.59 Å². The summed E-state index contributed by atoms with van der Waals surface area (Å²) in [5.41, 5.74) is 0.531. The normalized spacial score (nSPS) is 13.1. The first-order valence-electron chi connectivity index (χ1n) is 8.15. The van der Waals surface area contributed by atoms with Crippen molar-refractivity contribution in [2.75, 3.05) is 0 Å². The van der Waals surface area contributed by atoms with Crippen LogP contribution in [-0.2, 0) is 14.0 Å². The molecule has 5 heteroatoms. The molecule has 0 aromatic carbocycles. The lowest BCUT2D eigenvalue weighted by atomic mass is 10.1. The summed E-state index contributed by atoms with van der Waals surface area (Å²) in [4.78, 5) is 22.7. The van der Waals surface area contributed by atoms with E-state index >= 15 is 0 Å². The van der Waals surface area contributed by atoms with Crippen LogP contribution >= 0.6 is 0 Å². The fourth-order valence-electron chi connectivity index (χ4n) is 3.76. The van der Waals surface area contributed by atoms with Gasteiger partial charge in [-0.2, -0.15) is 0 Å². The lowest BCUT2D eigenvalue weighted by Crippen LogP contribution is -2.54. The van der Waals surface area contributed by atoms with Crippen molar-refractivity contribution in [2.24, 2.45) is 0 Å². The fraction of sp³-hybridized carbons (Fsp3) is 0.765. The van der Waals surface area contributed by atoms with E-state index in [1.807, 2.05) is 0 Å². The largest absolute Gasteiger partial charge is 0.515 e. The van der Waals surface area contributed by atoms with Gasteiger partial charge in [-0.3, -0.25) is 0 Å². The molecule has 0 bridgehead atoms. The smallest absolute Gasteiger partial charge is 0.328 e. The van der Waals surface area contributed by atoms with Crippen molar-refractivity contribution in [3.63, 3.8) is 0 Å². The quantitative estimate of drug-likeness (QED) is 0.482. The van der Waals surface area contributed by atoms with Crippen molar-refractivity contribution in [3.8, 4) is 0 Å². The topological polar surface area (TPSA) is 63.6 Å². The van der Waals surface area contributed by atoms with Crippen LogP contribution < -0.4 is 0 Å². The van der Waals surface area contributed by atoms with Crippen LogP contribution in [0.3, 0.4) is 0 Å². The van der Waals surface area contributed by atoms with Crippen LogP contribution in [0.25, 0.3) is 0 Å². The summed E-state index contributed by atoms with van der Waals surface area (Å²) in [7, 11) is -2.44. The summed E-state index contributed by atoms with van der Waals surface area (Å²) in [6.07, 6.45) is 5.11. The Bertz CT molecular complexity index is 403. The second-order valence-corrected chi connectivity index (χ2v) is 12.6. The number of unbranched alkanes of at least 4 members (excludes halogenated alkanes) is 1. The molecular weight excluding hydrogens is 296 g/mol. The third-order valence-corrected chi connectivity index (χ3v) is 10.9. The highest BCUT2D eigenvalue weighted by molar-refractivity contribution is 6.80. The molecule has 0 heterocycles. The van der Waals surface area contributed by atoms with E-state index in [1.54, 1.807) is 0 Å². The minimum Gasteiger partial charge on any atom is -0.515 e. The Balaban J connectivity index is 5.61.